The van der Waals surface area contributed by atoms with Crippen molar-refractivity contribution in [2.45, 2.75) is 64.3 Å². The second-order valence-corrected chi connectivity index (χ2v) is 4.90. The summed E-state index contributed by atoms with van der Waals surface area (Å²) in [5.41, 5.74) is 0. The van der Waals surface area contributed by atoms with Crippen molar-refractivity contribution >= 4 is 0 Å². The molecular formula is C14H27N. The number of nitrogens with one attached hydrogen (secondary N) is 1. The van der Waals surface area contributed by atoms with Crippen LogP contribution in [0.25, 0.3) is 0 Å². The molecule has 0 amide bonds. The van der Waals surface area contributed by atoms with Gasteiger partial charge in [0.25, 0.3) is 0 Å². The predicted octanol–water partition coefficient (Wildman–Crippen LogP) is 3.90. The lowest BCUT2D eigenvalue weighted by Gasteiger charge is -2.20. The molecule has 0 aromatic rings. The molecule has 0 aromatic heterocycles. The Kier molecular flexibility index (Phi) is 6.74. The van der Waals surface area contributed by atoms with E-state index in [1.807, 2.05) is 0 Å². The second-order valence-electron chi connectivity index (χ2n) is 4.90. The smallest absolute Gasteiger partial charge is 0.00697 e. The van der Waals surface area contributed by atoms with Crippen LogP contribution in [-0.2, 0) is 0 Å². The molecule has 1 fully saturated rings. The first-order chi connectivity index (χ1) is 7.36. The van der Waals surface area contributed by atoms with Gasteiger partial charge >= 0.3 is 0 Å². The standard InChI is InChI=1S/C14H27N/c1-3-5-8-13-9-6-7-10-14(12-13)15-11-4-2/h3,13-15H,1,4-12H2,2H3. The summed E-state index contributed by atoms with van der Waals surface area (Å²) in [5, 5.41) is 3.69. The minimum atomic E-state index is 0.794. The van der Waals surface area contributed by atoms with Gasteiger partial charge in [-0.1, -0.05) is 32.3 Å². The average molecular weight is 209 g/mol. The van der Waals surface area contributed by atoms with Gasteiger partial charge in [0.05, 0.1) is 0 Å². The molecule has 88 valence electrons. The molecule has 1 rings (SSSR count). The predicted molar refractivity (Wildman–Crippen MR) is 68.1 cm³/mol. The van der Waals surface area contributed by atoms with Crippen LogP contribution in [0.15, 0.2) is 12.7 Å². The Morgan fingerprint density at radius 1 is 1.33 bits per heavy atom. The van der Waals surface area contributed by atoms with Gasteiger partial charge in [-0.25, -0.2) is 0 Å². The van der Waals surface area contributed by atoms with Crippen molar-refractivity contribution in [2.24, 2.45) is 5.92 Å². The van der Waals surface area contributed by atoms with Gasteiger partial charge in [0.1, 0.15) is 0 Å². The van der Waals surface area contributed by atoms with E-state index in [1.165, 1.54) is 57.9 Å². The third-order valence-corrected chi connectivity index (χ3v) is 3.49. The Hall–Kier alpha value is -0.300. The van der Waals surface area contributed by atoms with Gasteiger partial charge in [0, 0.05) is 6.04 Å². The lowest BCUT2D eigenvalue weighted by atomic mass is 9.93. The molecule has 2 unspecified atom stereocenters. The van der Waals surface area contributed by atoms with Crippen LogP contribution in [0, 0.1) is 5.92 Å². The molecule has 1 aliphatic rings. The van der Waals surface area contributed by atoms with Crippen molar-refractivity contribution in [2.75, 3.05) is 6.54 Å². The molecular weight excluding hydrogens is 182 g/mol. The van der Waals surface area contributed by atoms with E-state index in [-0.39, 0.29) is 0 Å². The third-order valence-electron chi connectivity index (χ3n) is 3.49. The van der Waals surface area contributed by atoms with Crippen LogP contribution in [0.2, 0.25) is 0 Å². The molecule has 0 spiro atoms. The van der Waals surface area contributed by atoms with Crippen LogP contribution in [0.5, 0.6) is 0 Å². The molecule has 1 saturated carbocycles. The first-order valence-corrected chi connectivity index (χ1v) is 6.71. The van der Waals surface area contributed by atoms with Crippen molar-refractivity contribution < 1.29 is 0 Å². The first-order valence-electron chi connectivity index (χ1n) is 6.71. The van der Waals surface area contributed by atoms with E-state index >= 15 is 0 Å². The Morgan fingerprint density at radius 3 is 2.87 bits per heavy atom. The fraction of sp³-hybridized carbons (Fsp3) is 0.857. The Labute approximate surface area is 95.3 Å². The summed E-state index contributed by atoms with van der Waals surface area (Å²) in [4.78, 5) is 0. The maximum Gasteiger partial charge on any atom is 0.00697 e. The van der Waals surface area contributed by atoms with Crippen molar-refractivity contribution in [3.63, 3.8) is 0 Å². The van der Waals surface area contributed by atoms with Crippen molar-refractivity contribution in [3.05, 3.63) is 12.7 Å². The summed E-state index contributed by atoms with van der Waals surface area (Å²) in [6, 6.07) is 0.794. The maximum absolute atomic E-state index is 3.82. The van der Waals surface area contributed by atoms with Crippen molar-refractivity contribution in [1.29, 1.82) is 0 Å². The molecule has 1 nitrogen and oxygen atoms in total. The van der Waals surface area contributed by atoms with Crippen LogP contribution < -0.4 is 5.32 Å². The van der Waals surface area contributed by atoms with E-state index in [0.717, 1.165) is 12.0 Å². The maximum atomic E-state index is 3.82. The van der Waals surface area contributed by atoms with Gasteiger partial charge in [-0.15, -0.1) is 6.58 Å². The summed E-state index contributed by atoms with van der Waals surface area (Å²) in [6.07, 6.45) is 13.0. The molecule has 1 aliphatic carbocycles. The molecule has 2 atom stereocenters. The molecule has 0 saturated heterocycles. The second kappa shape index (κ2) is 7.92. The van der Waals surface area contributed by atoms with Crippen LogP contribution in [0.1, 0.15) is 58.3 Å². The number of allylic oxidation sites excluding steroid dienone is 1. The lowest BCUT2D eigenvalue weighted by Crippen LogP contribution is -2.30. The van der Waals surface area contributed by atoms with Gasteiger partial charge in [-0.05, 0) is 44.6 Å². The zero-order chi connectivity index (χ0) is 10.9. The summed E-state index contributed by atoms with van der Waals surface area (Å²) in [6.45, 7) is 7.26. The molecule has 0 bridgehead atoms. The first kappa shape index (κ1) is 12.8. The van der Waals surface area contributed by atoms with Crippen LogP contribution in [0.4, 0.5) is 0 Å². The Balaban J connectivity index is 2.28. The summed E-state index contributed by atoms with van der Waals surface area (Å²) in [5.74, 6) is 0.944. The monoisotopic (exact) mass is 209 g/mol. The lowest BCUT2D eigenvalue weighted by molar-refractivity contribution is 0.370. The highest BCUT2D eigenvalue weighted by molar-refractivity contribution is 4.78. The van der Waals surface area contributed by atoms with Crippen molar-refractivity contribution in [1.82, 2.24) is 5.32 Å². The van der Waals surface area contributed by atoms with Crippen LogP contribution >= 0.6 is 0 Å². The molecule has 15 heavy (non-hydrogen) atoms. The molecule has 0 radical (unpaired) electrons. The van der Waals surface area contributed by atoms with Crippen LogP contribution in [-0.4, -0.2) is 12.6 Å². The molecule has 0 heterocycles. The highest BCUT2D eigenvalue weighted by Crippen LogP contribution is 2.26. The zero-order valence-corrected chi connectivity index (χ0v) is 10.3. The van der Waals surface area contributed by atoms with Gasteiger partial charge in [0.2, 0.25) is 0 Å². The van der Waals surface area contributed by atoms with E-state index in [0.29, 0.717) is 0 Å². The summed E-state index contributed by atoms with van der Waals surface area (Å²) in [7, 11) is 0. The van der Waals surface area contributed by atoms with E-state index in [4.69, 9.17) is 0 Å². The fourth-order valence-electron chi connectivity index (χ4n) is 2.61. The molecule has 1 N–H and O–H groups in total. The third kappa shape index (κ3) is 5.36. The van der Waals surface area contributed by atoms with Gasteiger partial charge in [0.15, 0.2) is 0 Å². The number of hydrogen-bond acceptors (Lipinski definition) is 1. The summed E-state index contributed by atoms with van der Waals surface area (Å²) >= 11 is 0. The highest BCUT2D eigenvalue weighted by Gasteiger charge is 2.18. The van der Waals surface area contributed by atoms with Crippen LogP contribution in [0.3, 0.4) is 0 Å². The molecule has 1 heteroatoms. The van der Waals surface area contributed by atoms with E-state index in [1.54, 1.807) is 0 Å². The van der Waals surface area contributed by atoms with Gasteiger partial charge in [-0.3, -0.25) is 0 Å². The van der Waals surface area contributed by atoms with E-state index in [9.17, 15) is 0 Å². The molecule has 0 aliphatic heterocycles. The SMILES string of the molecule is C=CCCC1CCCCC(NCCC)C1. The minimum Gasteiger partial charge on any atom is -0.314 e. The zero-order valence-electron chi connectivity index (χ0n) is 10.3. The Bertz CT molecular complexity index is 165. The van der Waals surface area contributed by atoms with Crippen molar-refractivity contribution in [3.8, 4) is 0 Å². The molecule has 0 aromatic carbocycles. The Morgan fingerprint density at radius 2 is 2.13 bits per heavy atom. The summed E-state index contributed by atoms with van der Waals surface area (Å²) < 4.78 is 0. The topological polar surface area (TPSA) is 12.0 Å². The average Bonchev–Trinajstić information content (AvgIpc) is 2.48. The number of hydrogen-bond donors (Lipinski definition) is 1. The van der Waals surface area contributed by atoms with Gasteiger partial charge in [-0.2, -0.15) is 0 Å². The normalized spacial score (nSPS) is 27.3. The number of rotatable bonds is 6. The highest BCUT2D eigenvalue weighted by atomic mass is 14.9. The fourth-order valence-corrected chi connectivity index (χ4v) is 2.61. The quantitative estimate of drug-likeness (QED) is 0.517. The minimum absolute atomic E-state index is 0.794. The van der Waals surface area contributed by atoms with E-state index in [2.05, 4.69) is 24.9 Å². The van der Waals surface area contributed by atoms with Gasteiger partial charge < -0.3 is 5.32 Å². The van der Waals surface area contributed by atoms with E-state index < -0.39 is 0 Å². The largest absolute Gasteiger partial charge is 0.314 e.